The molecule has 2 rings (SSSR count). The maximum Gasteiger partial charge on any atom is 0.217 e. The predicted octanol–water partition coefficient (Wildman–Crippen LogP) is 3.04. The molecular formula is C12H13BrFNO. The lowest BCUT2D eigenvalue weighted by Gasteiger charge is -2.31. The molecular weight excluding hydrogens is 273 g/mol. The molecule has 0 aliphatic heterocycles. The quantitative estimate of drug-likeness (QED) is 0.790. The van der Waals surface area contributed by atoms with E-state index in [0.717, 1.165) is 5.56 Å². The Morgan fingerprint density at radius 2 is 2.06 bits per heavy atom. The molecule has 86 valence electrons. The molecule has 0 unspecified atom stereocenters. The molecule has 0 heterocycles. The SMILES string of the molecule is CC(=O)N[C@H]1C[C@H](Br)[C@@H](F)c2ccccc21. The Hall–Kier alpha value is -0.900. The van der Waals surface area contributed by atoms with Gasteiger partial charge in [0.15, 0.2) is 0 Å². The Kier molecular flexibility index (Phi) is 3.28. The molecule has 16 heavy (non-hydrogen) atoms. The van der Waals surface area contributed by atoms with Gasteiger partial charge in [0.2, 0.25) is 5.91 Å². The number of hydrogen-bond donors (Lipinski definition) is 1. The summed E-state index contributed by atoms with van der Waals surface area (Å²) in [6.45, 7) is 1.48. The zero-order chi connectivity index (χ0) is 11.7. The lowest BCUT2D eigenvalue weighted by Crippen LogP contribution is -2.33. The fraction of sp³-hybridized carbons (Fsp3) is 0.417. The van der Waals surface area contributed by atoms with E-state index in [1.54, 1.807) is 6.07 Å². The van der Waals surface area contributed by atoms with Crippen LogP contribution in [0.1, 0.15) is 36.7 Å². The number of halogens is 2. The van der Waals surface area contributed by atoms with Gasteiger partial charge in [0.1, 0.15) is 6.17 Å². The van der Waals surface area contributed by atoms with Crippen LogP contribution in [-0.4, -0.2) is 10.7 Å². The molecule has 0 aromatic heterocycles. The van der Waals surface area contributed by atoms with E-state index >= 15 is 0 Å². The Bertz CT molecular complexity index is 410. The minimum atomic E-state index is -0.999. The van der Waals surface area contributed by atoms with E-state index in [2.05, 4.69) is 21.2 Å². The van der Waals surface area contributed by atoms with Crippen molar-refractivity contribution in [3.8, 4) is 0 Å². The van der Waals surface area contributed by atoms with Crippen LogP contribution in [0.5, 0.6) is 0 Å². The van der Waals surface area contributed by atoms with Crippen LogP contribution < -0.4 is 5.32 Å². The standard InChI is InChI=1S/C12H13BrFNO/c1-7(16)15-11-6-10(13)12(14)9-5-3-2-4-8(9)11/h2-5,10-12H,6H2,1H3,(H,15,16)/t10-,11-,12-/m0/s1. The Balaban J connectivity index is 2.36. The minimum Gasteiger partial charge on any atom is -0.349 e. The van der Waals surface area contributed by atoms with Gasteiger partial charge in [-0.05, 0) is 17.5 Å². The van der Waals surface area contributed by atoms with Crippen molar-refractivity contribution in [2.24, 2.45) is 0 Å². The van der Waals surface area contributed by atoms with Crippen LogP contribution in [0.15, 0.2) is 24.3 Å². The summed E-state index contributed by atoms with van der Waals surface area (Å²) < 4.78 is 13.9. The molecule has 0 radical (unpaired) electrons. The largest absolute Gasteiger partial charge is 0.349 e. The Labute approximate surface area is 102 Å². The van der Waals surface area contributed by atoms with Crippen LogP contribution in [0.25, 0.3) is 0 Å². The van der Waals surface area contributed by atoms with Gasteiger partial charge in [-0.15, -0.1) is 0 Å². The fourth-order valence-electron chi connectivity index (χ4n) is 2.13. The second-order valence-electron chi connectivity index (χ2n) is 4.04. The van der Waals surface area contributed by atoms with Crippen LogP contribution in [-0.2, 0) is 4.79 Å². The summed E-state index contributed by atoms with van der Waals surface area (Å²) in [5.41, 5.74) is 1.57. The molecule has 1 aromatic carbocycles. The van der Waals surface area contributed by atoms with E-state index in [1.165, 1.54) is 6.92 Å². The average Bonchev–Trinajstić information content (AvgIpc) is 2.25. The van der Waals surface area contributed by atoms with Crippen molar-refractivity contribution in [2.45, 2.75) is 30.4 Å². The normalized spacial score (nSPS) is 28.3. The first-order chi connectivity index (χ1) is 7.59. The maximum absolute atomic E-state index is 13.9. The van der Waals surface area contributed by atoms with Gasteiger partial charge in [0, 0.05) is 6.92 Å². The molecule has 0 spiro atoms. The third-order valence-corrected chi connectivity index (χ3v) is 3.66. The highest BCUT2D eigenvalue weighted by molar-refractivity contribution is 9.09. The third-order valence-electron chi connectivity index (χ3n) is 2.82. The molecule has 1 aromatic rings. The van der Waals surface area contributed by atoms with Crippen LogP contribution in [0.4, 0.5) is 4.39 Å². The van der Waals surface area contributed by atoms with Gasteiger partial charge < -0.3 is 5.32 Å². The highest BCUT2D eigenvalue weighted by atomic mass is 79.9. The number of amides is 1. The number of carbonyl (C=O) groups is 1. The van der Waals surface area contributed by atoms with Crippen molar-refractivity contribution in [3.05, 3.63) is 35.4 Å². The van der Waals surface area contributed by atoms with Crippen LogP contribution >= 0.6 is 15.9 Å². The van der Waals surface area contributed by atoms with Crippen molar-refractivity contribution in [2.75, 3.05) is 0 Å². The topological polar surface area (TPSA) is 29.1 Å². The van der Waals surface area contributed by atoms with E-state index in [0.29, 0.717) is 12.0 Å². The Morgan fingerprint density at radius 1 is 1.44 bits per heavy atom. The van der Waals surface area contributed by atoms with Crippen molar-refractivity contribution in [3.63, 3.8) is 0 Å². The molecule has 2 nitrogen and oxygen atoms in total. The number of benzene rings is 1. The van der Waals surface area contributed by atoms with E-state index in [9.17, 15) is 9.18 Å². The molecule has 3 atom stereocenters. The molecule has 4 heteroatoms. The van der Waals surface area contributed by atoms with E-state index < -0.39 is 6.17 Å². The number of hydrogen-bond acceptors (Lipinski definition) is 1. The lowest BCUT2D eigenvalue weighted by atomic mass is 9.86. The van der Waals surface area contributed by atoms with Gasteiger partial charge in [0.25, 0.3) is 0 Å². The minimum absolute atomic E-state index is 0.0863. The number of rotatable bonds is 1. The summed E-state index contributed by atoms with van der Waals surface area (Å²) in [5.74, 6) is -0.0863. The van der Waals surface area contributed by atoms with Gasteiger partial charge in [-0.25, -0.2) is 4.39 Å². The van der Waals surface area contributed by atoms with Gasteiger partial charge >= 0.3 is 0 Å². The molecule has 0 bridgehead atoms. The first kappa shape index (κ1) is 11.6. The molecule has 0 saturated carbocycles. The summed E-state index contributed by atoms with van der Waals surface area (Å²) in [5, 5.41) is 2.85. The molecule has 0 saturated heterocycles. The average molecular weight is 286 g/mol. The highest BCUT2D eigenvalue weighted by Crippen LogP contribution is 2.41. The van der Waals surface area contributed by atoms with E-state index in [4.69, 9.17) is 0 Å². The second-order valence-corrected chi connectivity index (χ2v) is 5.21. The van der Waals surface area contributed by atoms with Gasteiger partial charge in [-0.2, -0.15) is 0 Å². The van der Waals surface area contributed by atoms with E-state index in [-0.39, 0.29) is 16.8 Å². The van der Waals surface area contributed by atoms with E-state index in [1.807, 2.05) is 18.2 Å². The Morgan fingerprint density at radius 3 is 2.69 bits per heavy atom. The number of nitrogens with one attached hydrogen (secondary N) is 1. The zero-order valence-corrected chi connectivity index (χ0v) is 10.5. The van der Waals surface area contributed by atoms with Crippen molar-refractivity contribution in [1.29, 1.82) is 0 Å². The van der Waals surface area contributed by atoms with Crippen LogP contribution in [0.2, 0.25) is 0 Å². The molecule has 1 N–H and O–H groups in total. The molecule has 0 fully saturated rings. The molecule has 1 aliphatic carbocycles. The first-order valence-corrected chi connectivity index (χ1v) is 6.15. The van der Waals surface area contributed by atoms with Gasteiger partial charge in [0.05, 0.1) is 10.9 Å². The van der Waals surface area contributed by atoms with Crippen molar-refractivity contribution >= 4 is 21.8 Å². The highest BCUT2D eigenvalue weighted by Gasteiger charge is 2.33. The van der Waals surface area contributed by atoms with Gasteiger partial charge in [-0.3, -0.25) is 4.79 Å². The van der Waals surface area contributed by atoms with Crippen LogP contribution in [0, 0.1) is 0 Å². The lowest BCUT2D eigenvalue weighted by molar-refractivity contribution is -0.119. The predicted molar refractivity (Wildman–Crippen MR) is 64.2 cm³/mol. The summed E-state index contributed by atoms with van der Waals surface area (Å²) in [4.78, 5) is 10.9. The zero-order valence-electron chi connectivity index (χ0n) is 8.91. The van der Waals surface area contributed by atoms with Crippen LogP contribution in [0.3, 0.4) is 0 Å². The van der Waals surface area contributed by atoms with Crippen molar-refractivity contribution < 1.29 is 9.18 Å². The van der Waals surface area contributed by atoms with Crippen molar-refractivity contribution in [1.82, 2.24) is 5.32 Å². The second kappa shape index (κ2) is 4.53. The number of carbonyl (C=O) groups excluding carboxylic acids is 1. The number of alkyl halides is 2. The summed E-state index contributed by atoms with van der Waals surface area (Å²) in [6, 6.07) is 7.25. The first-order valence-electron chi connectivity index (χ1n) is 5.23. The fourth-order valence-corrected chi connectivity index (χ4v) is 2.79. The maximum atomic E-state index is 13.9. The summed E-state index contributed by atoms with van der Waals surface area (Å²) in [7, 11) is 0. The van der Waals surface area contributed by atoms with Gasteiger partial charge in [-0.1, -0.05) is 40.2 Å². The smallest absolute Gasteiger partial charge is 0.217 e. The third kappa shape index (κ3) is 2.12. The monoisotopic (exact) mass is 285 g/mol. The molecule has 1 aliphatic rings. The molecule has 1 amide bonds. The number of fused-ring (bicyclic) bond motifs is 1. The summed E-state index contributed by atoms with van der Waals surface area (Å²) >= 11 is 3.33. The summed E-state index contributed by atoms with van der Waals surface area (Å²) in [6.07, 6.45) is -0.418.